The van der Waals surface area contributed by atoms with E-state index in [4.69, 9.17) is 0 Å². The minimum atomic E-state index is -4.25. The number of alkyl halides is 3. The summed E-state index contributed by atoms with van der Waals surface area (Å²) in [5, 5.41) is 18.1. The van der Waals surface area contributed by atoms with Gasteiger partial charge in [-0.25, -0.2) is 9.97 Å². The number of halogens is 3. The number of rotatable bonds is 9. The predicted octanol–water partition coefficient (Wildman–Crippen LogP) is 5.68. The van der Waals surface area contributed by atoms with Gasteiger partial charge >= 0.3 is 6.18 Å². The number of fused-ring (bicyclic) bond motifs is 2. The lowest BCUT2D eigenvalue weighted by Crippen LogP contribution is -2.74. The number of nitrogens with zero attached hydrogens (tertiary/aromatic N) is 5. The van der Waals surface area contributed by atoms with Crippen molar-refractivity contribution >= 4 is 44.7 Å². The number of hydrogen-bond donors (Lipinski definition) is 2. The normalized spacial score (nSPS) is 24.0. The van der Waals surface area contributed by atoms with Crippen molar-refractivity contribution in [1.29, 1.82) is 5.26 Å². The first kappa shape index (κ1) is 28.1. The molecule has 8 nitrogen and oxygen atoms in total. The third-order valence-electron chi connectivity index (χ3n) is 9.66. The molecule has 3 aromatic heterocycles. The Hall–Kier alpha value is -3.69. The molecule has 4 aliphatic rings. The van der Waals surface area contributed by atoms with Gasteiger partial charge in [-0.05, 0) is 73.8 Å². The number of likely N-dealkylation sites (tertiary alicyclic amines) is 1. The van der Waals surface area contributed by atoms with Crippen molar-refractivity contribution in [3.63, 3.8) is 0 Å². The fourth-order valence-corrected chi connectivity index (χ4v) is 8.74. The predicted molar refractivity (Wildman–Crippen MR) is 159 cm³/mol. The molecule has 1 aliphatic heterocycles. The second-order valence-corrected chi connectivity index (χ2v) is 13.8. The van der Waals surface area contributed by atoms with Crippen LogP contribution in [-0.4, -0.2) is 56.7 Å². The number of aromatic nitrogens is 3. The zero-order valence-electron chi connectivity index (χ0n) is 23.8. The van der Waals surface area contributed by atoms with Gasteiger partial charge in [-0.2, -0.15) is 18.4 Å². The highest BCUT2D eigenvalue weighted by atomic mass is 32.1. The number of nitriles is 1. The van der Waals surface area contributed by atoms with Gasteiger partial charge in [-0.1, -0.05) is 6.07 Å². The molecule has 2 N–H and O–H groups in total. The molecule has 1 amide bonds. The summed E-state index contributed by atoms with van der Waals surface area (Å²) < 4.78 is 40.9. The van der Waals surface area contributed by atoms with Crippen LogP contribution in [0.1, 0.15) is 53.8 Å². The fraction of sp³-hybridized carbons (Fsp3) is 0.484. The SMILES string of the molecule is Cc1c(CN2CCC(Nc3ncnc4sc(CC(F)(F)F)cc34)CC2)ccc2c1cc(C#N)n2CC12CC(NC=O)(C1)C2. The Morgan fingerprint density at radius 2 is 1.93 bits per heavy atom. The lowest BCUT2D eigenvalue weighted by Gasteiger charge is -2.70. The van der Waals surface area contributed by atoms with Gasteiger partial charge in [0, 0.05) is 53.5 Å². The Kier molecular flexibility index (Phi) is 6.67. The zero-order chi connectivity index (χ0) is 30.0. The highest BCUT2D eigenvalue weighted by Gasteiger charge is 2.67. The second kappa shape index (κ2) is 10.2. The van der Waals surface area contributed by atoms with E-state index in [2.05, 4.69) is 55.2 Å². The maximum Gasteiger partial charge on any atom is 0.393 e. The zero-order valence-corrected chi connectivity index (χ0v) is 24.6. The Balaban J connectivity index is 1.000. The van der Waals surface area contributed by atoms with E-state index in [1.165, 1.54) is 17.5 Å². The van der Waals surface area contributed by atoms with Gasteiger partial charge in [0.1, 0.15) is 28.7 Å². The van der Waals surface area contributed by atoms with Crippen molar-refractivity contribution in [3.05, 3.63) is 52.3 Å². The van der Waals surface area contributed by atoms with Crippen LogP contribution in [0.4, 0.5) is 19.0 Å². The van der Waals surface area contributed by atoms with Crippen LogP contribution < -0.4 is 10.6 Å². The standard InChI is InChI=1S/C31H32F3N7OS/c1-19-20(2-3-26-24(19)8-22(11-35)41(26)16-29-13-30(14-29,15-29)38-18-42)12-40-6-4-21(5-7-40)39-27-25-9-23(10-31(32,33)34)43-28(25)37-17-36-27/h2-3,8-9,17-18,21H,4-7,10,12-16H2,1H3,(H,38,42)(H,36,37,39). The summed E-state index contributed by atoms with van der Waals surface area (Å²) in [6.07, 6.45) is 1.70. The van der Waals surface area contributed by atoms with Crippen molar-refractivity contribution in [2.45, 2.75) is 76.3 Å². The molecule has 12 heteroatoms. The maximum atomic E-state index is 12.9. The molecule has 1 saturated heterocycles. The molecule has 0 atom stereocenters. The molecule has 43 heavy (non-hydrogen) atoms. The molecule has 2 bridgehead atoms. The van der Waals surface area contributed by atoms with Gasteiger partial charge in [0.15, 0.2) is 0 Å². The molecule has 8 rings (SSSR count). The number of carbonyl (C=O) groups is 1. The lowest BCUT2D eigenvalue weighted by molar-refractivity contribution is -0.166. The van der Waals surface area contributed by atoms with Gasteiger partial charge in [0.25, 0.3) is 0 Å². The molecule has 4 fully saturated rings. The van der Waals surface area contributed by atoms with Gasteiger partial charge in [0.2, 0.25) is 6.41 Å². The monoisotopic (exact) mass is 607 g/mol. The number of aryl methyl sites for hydroxylation is 1. The summed E-state index contributed by atoms with van der Waals surface area (Å²) in [5.41, 5.74) is 4.36. The average Bonchev–Trinajstić information content (AvgIpc) is 3.49. The molecule has 0 unspecified atom stereocenters. The summed E-state index contributed by atoms with van der Waals surface area (Å²) in [5.74, 6) is 0.598. The third-order valence-corrected chi connectivity index (χ3v) is 10.7. The Morgan fingerprint density at radius 3 is 2.63 bits per heavy atom. The number of nitrogens with one attached hydrogen (secondary N) is 2. The molecule has 4 aromatic rings. The summed E-state index contributed by atoms with van der Waals surface area (Å²) >= 11 is 1.07. The minimum absolute atomic E-state index is 0.0192. The topological polar surface area (TPSA) is 98.9 Å². The van der Waals surface area contributed by atoms with E-state index in [0.29, 0.717) is 21.7 Å². The first-order valence-electron chi connectivity index (χ1n) is 14.6. The summed E-state index contributed by atoms with van der Waals surface area (Å²) in [4.78, 5) is 22.7. The van der Waals surface area contributed by atoms with Gasteiger partial charge < -0.3 is 15.2 Å². The first-order chi connectivity index (χ1) is 20.6. The first-order valence-corrected chi connectivity index (χ1v) is 15.4. The Bertz CT molecular complexity index is 1740. The van der Waals surface area contributed by atoms with Crippen LogP contribution in [0.5, 0.6) is 0 Å². The van der Waals surface area contributed by atoms with Crippen LogP contribution in [-0.2, 0) is 24.3 Å². The van der Waals surface area contributed by atoms with Gasteiger partial charge in [-0.15, -0.1) is 11.3 Å². The number of carbonyl (C=O) groups excluding carboxylic acids is 1. The van der Waals surface area contributed by atoms with Crippen molar-refractivity contribution in [1.82, 2.24) is 24.8 Å². The van der Waals surface area contributed by atoms with Crippen molar-refractivity contribution in [2.24, 2.45) is 5.41 Å². The van der Waals surface area contributed by atoms with Gasteiger partial charge in [0.05, 0.1) is 11.8 Å². The largest absolute Gasteiger partial charge is 0.393 e. The quantitative estimate of drug-likeness (QED) is 0.238. The van der Waals surface area contributed by atoms with Crippen LogP contribution in [0.3, 0.4) is 0 Å². The van der Waals surface area contributed by atoms with E-state index < -0.39 is 12.6 Å². The highest BCUT2D eigenvalue weighted by Crippen LogP contribution is 2.68. The molecule has 1 aromatic carbocycles. The van der Waals surface area contributed by atoms with Crippen molar-refractivity contribution in [3.8, 4) is 6.07 Å². The fourth-order valence-electron chi connectivity index (χ4n) is 7.71. The van der Waals surface area contributed by atoms with Gasteiger partial charge in [-0.3, -0.25) is 9.69 Å². The van der Waals surface area contributed by atoms with E-state index in [9.17, 15) is 23.2 Å². The highest BCUT2D eigenvalue weighted by molar-refractivity contribution is 7.18. The number of hydrogen-bond acceptors (Lipinski definition) is 7. The van der Waals surface area contributed by atoms with Crippen molar-refractivity contribution < 1.29 is 18.0 Å². The summed E-state index contributed by atoms with van der Waals surface area (Å²) in [6.45, 7) is 5.52. The average molecular weight is 608 g/mol. The molecule has 0 spiro atoms. The molecule has 3 aliphatic carbocycles. The van der Waals surface area contributed by atoms with Crippen LogP contribution in [0, 0.1) is 23.7 Å². The van der Waals surface area contributed by atoms with E-state index >= 15 is 0 Å². The van der Waals surface area contributed by atoms with E-state index in [1.54, 1.807) is 6.07 Å². The molecular weight excluding hydrogens is 575 g/mol. The van der Waals surface area contributed by atoms with Crippen molar-refractivity contribution in [2.75, 3.05) is 18.4 Å². The van der Waals surface area contributed by atoms with E-state index in [1.807, 2.05) is 6.07 Å². The lowest BCUT2D eigenvalue weighted by atomic mass is 9.39. The second-order valence-electron chi connectivity index (χ2n) is 12.7. The smallest absolute Gasteiger partial charge is 0.367 e. The third kappa shape index (κ3) is 5.12. The van der Waals surface area contributed by atoms with E-state index in [-0.39, 0.29) is 21.9 Å². The van der Waals surface area contributed by atoms with Crippen LogP contribution in [0.25, 0.3) is 21.1 Å². The molecule has 0 radical (unpaired) electrons. The summed E-state index contributed by atoms with van der Waals surface area (Å²) in [6, 6.07) is 10.5. The molecule has 224 valence electrons. The Morgan fingerprint density at radius 1 is 1.16 bits per heavy atom. The number of piperidine rings is 1. The number of benzene rings is 1. The van der Waals surface area contributed by atoms with Crippen LogP contribution >= 0.6 is 11.3 Å². The van der Waals surface area contributed by atoms with Crippen LogP contribution in [0.15, 0.2) is 30.6 Å². The minimum Gasteiger partial charge on any atom is -0.367 e. The Labute approximate surface area is 250 Å². The molecular formula is C31H32F3N7OS. The van der Waals surface area contributed by atoms with E-state index in [0.717, 1.165) is 86.9 Å². The summed E-state index contributed by atoms with van der Waals surface area (Å²) in [7, 11) is 0. The number of anilines is 1. The number of amides is 1. The number of thiophene rings is 1. The van der Waals surface area contributed by atoms with Crippen LogP contribution in [0.2, 0.25) is 0 Å². The molecule has 3 saturated carbocycles. The molecule has 4 heterocycles. The maximum absolute atomic E-state index is 12.9.